The van der Waals surface area contributed by atoms with E-state index in [0.717, 1.165) is 6.54 Å². The maximum Gasteiger partial charge on any atom is 0.0345 e. The fourth-order valence-electron chi connectivity index (χ4n) is 3.62. The third kappa shape index (κ3) is 3.99. The molecule has 2 heteroatoms. The van der Waals surface area contributed by atoms with E-state index in [0.29, 0.717) is 6.04 Å². The lowest BCUT2D eigenvalue weighted by molar-refractivity contribution is 0.221. The van der Waals surface area contributed by atoms with E-state index < -0.39 is 0 Å². The molecule has 2 nitrogen and oxygen atoms in total. The highest BCUT2D eigenvalue weighted by atomic mass is 15.1. The van der Waals surface area contributed by atoms with Crippen LogP contribution in [0.4, 0.5) is 5.69 Å². The van der Waals surface area contributed by atoms with Gasteiger partial charge in [0.25, 0.3) is 0 Å². The molecule has 3 rings (SSSR count). The summed E-state index contributed by atoms with van der Waals surface area (Å²) in [6, 6.07) is 9.79. The van der Waals surface area contributed by atoms with E-state index in [2.05, 4.69) is 34.5 Å². The first-order valence-corrected chi connectivity index (χ1v) is 8.48. The van der Waals surface area contributed by atoms with Crippen LogP contribution in [0, 0.1) is 0 Å². The van der Waals surface area contributed by atoms with Crippen LogP contribution in [0.25, 0.3) is 0 Å². The van der Waals surface area contributed by atoms with Crippen LogP contribution in [0.1, 0.15) is 56.9 Å². The molecule has 2 fully saturated rings. The highest BCUT2D eigenvalue weighted by molar-refractivity contribution is 5.46. The summed E-state index contributed by atoms with van der Waals surface area (Å²) in [4.78, 5) is 2.60. The lowest BCUT2D eigenvalue weighted by atomic mass is 9.95. The minimum Gasteiger partial charge on any atom is -0.382 e. The Kier molecular flexibility index (Phi) is 4.96. The van der Waals surface area contributed by atoms with Crippen LogP contribution in [-0.2, 0) is 6.54 Å². The number of hydrogen-bond donors (Lipinski definition) is 1. The largest absolute Gasteiger partial charge is 0.382 e. The van der Waals surface area contributed by atoms with Gasteiger partial charge in [-0.3, -0.25) is 4.90 Å². The molecule has 1 saturated carbocycles. The topological polar surface area (TPSA) is 15.3 Å². The Morgan fingerprint density at radius 2 is 1.70 bits per heavy atom. The van der Waals surface area contributed by atoms with Gasteiger partial charge in [-0.05, 0) is 56.5 Å². The lowest BCUT2D eigenvalue weighted by Gasteiger charge is -2.27. The van der Waals surface area contributed by atoms with E-state index in [1.54, 1.807) is 0 Å². The summed E-state index contributed by atoms with van der Waals surface area (Å²) in [5.74, 6) is 0. The van der Waals surface area contributed by atoms with Gasteiger partial charge in [0, 0.05) is 18.3 Å². The van der Waals surface area contributed by atoms with Crippen molar-refractivity contribution in [2.45, 2.75) is 64.0 Å². The zero-order valence-corrected chi connectivity index (χ0v) is 12.6. The van der Waals surface area contributed by atoms with Crippen molar-refractivity contribution in [1.82, 2.24) is 4.90 Å². The molecule has 1 saturated heterocycles. The molecule has 0 bridgehead atoms. The van der Waals surface area contributed by atoms with Gasteiger partial charge in [0.15, 0.2) is 0 Å². The normalized spacial score (nSPS) is 21.8. The van der Waals surface area contributed by atoms with Crippen LogP contribution in [-0.4, -0.2) is 24.0 Å². The fourth-order valence-corrected chi connectivity index (χ4v) is 3.62. The third-order valence-corrected chi connectivity index (χ3v) is 4.76. The van der Waals surface area contributed by atoms with Crippen molar-refractivity contribution in [3.63, 3.8) is 0 Å². The van der Waals surface area contributed by atoms with E-state index in [1.807, 2.05) is 0 Å². The van der Waals surface area contributed by atoms with Gasteiger partial charge in [0.05, 0.1) is 0 Å². The van der Waals surface area contributed by atoms with Crippen LogP contribution in [0.3, 0.4) is 0 Å². The first-order valence-electron chi connectivity index (χ1n) is 8.48. The van der Waals surface area contributed by atoms with Gasteiger partial charge < -0.3 is 5.32 Å². The van der Waals surface area contributed by atoms with Crippen LogP contribution in [0.15, 0.2) is 24.3 Å². The zero-order chi connectivity index (χ0) is 13.6. The Labute approximate surface area is 123 Å². The average molecular weight is 272 g/mol. The monoisotopic (exact) mass is 272 g/mol. The second-order valence-corrected chi connectivity index (χ2v) is 6.52. The standard InChI is InChI=1S/C18H28N2/c1-3-9-17(10-4-1)19-18-11-7-8-16(14-18)15-20-12-5-2-6-13-20/h7-8,11,14,17,19H,1-6,9-10,12-13,15H2. The quantitative estimate of drug-likeness (QED) is 0.873. The summed E-state index contributed by atoms with van der Waals surface area (Å²) in [7, 11) is 0. The van der Waals surface area contributed by atoms with Gasteiger partial charge in [0.1, 0.15) is 0 Å². The van der Waals surface area contributed by atoms with Crippen molar-refractivity contribution < 1.29 is 0 Å². The summed E-state index contributed by atoms with van der Waals surface area (Å²) in [5.41, 5.74) is 2.79. The molecule has 1 aromatic carbocycles. The second-order valence-electron chi connectivity index (χ2n) is 6.52. The molecule has 2 aliphatic rings. The number of benzene rings is 1. The molecule has 1 aromatic rings. The molecule has 1 aliphatic heterocycles. The van der Waals surface area contributed by atoms with Crippen molar-refractivity contribution in [3.8, 4) is 0 Å². The summed E-state index contributed by atoms with van der Waals surface area (Å²) in [6.45, 7) is 3.68. The van der Waals surface area contributed by atoms with Crippen LogP contribution < -0.4 is 5.32 Å². The molecular weight excluding hydrogens is 244 g/mol. The molecule has 0 amide bonds. The van der Waals surface area contributed by atoms with Gasteiger partial charge in [0.2, 0.25) is 0 Å². The molecule has 1 aliphatic carbocycles. The van der Waals surface area contributed by atoms with E-state index in [4.69, 9.17) is 0 Å². The predicted molar refractivity (Wildman–Crippen MR) is 86.1 cm³/mol. The van der Waals surface area contributed by atoms with E-state index >= 15 is 0 Å². The molecule has 0 radical (unpaired) electrons. The van der Waals surface area contributed by atoms with Gasteiger partial charge in [-0.2, -0.15) is 0 Å². The summed E-state index contributed by atoms with van der Waals surface area (Å²) >= 11 is 0. The summed E-state index contributed by atoms with van der Waals surface area (Å²) in [5, 5.41) is 3.74. The third-order valence-electron chi connectivity index (χ3n) is 4.76. The first-order chi connectivity index (χ1) is 9.90. The Balaban J connectivity index is 1.57. The predicted octanol–water partition coefficient (Wildman–Crippen LogP) is 4.42. The van der Waals surface area contributed by atoms with Gasteiger partial charge in [-0.1, -0.05) is 37.8 Å². The van der Waals surface area contributed by atoms with Gasteiger partial charge in [-0.15, -0.1) is 0 Å². The summed E-state index contributed by atoms with van der Waals surface area (Å²) < 4.78 is 0. The minimum absolute atomic E-state index is 0.703. The van der Waals surface area contributed by atoms with Gasteiger partial charge in [-0.25, -0.2) is 0 Å². The Bertz CT molecular complexity index is 368. The van der Waals surface area contributed by atoms with Crippen LogP contribution >= 0.6 is 0 Å². The Morgan fingerprint density at radius 3 is 2.50 bits per heavy atom. The van der Waals surface area contributed by atoms with Crippen molar-refractivity contribution in [3.05, 3.63) is 29.8 Å². The molecule has 0 aromatic heterocycles. The van der Waals surface area contributed by atoms with Crippen LogP contribution in [0.2, 0.25) is 0 Å². The molecule has 20 heavy (non-hydrogen) atoms. The fraction of sp³-hybridized carbons (Fsp3) is 0.667. The van der Waals surface area contributed by atoms with Crippen LogP contribution in [0.5, 0.6) is 0 Å². The van der Waals surface area contributed by atoms with Crippen molar-refractivity contribution >= 4 is 5.69 Å². The molecule has 1 heterocycles. The zero-order valence-electron chi connectivity index (χ0n) is 12.6. The number of nitrogens with one attached hydrogen (secondary N) is 1. The molecule has 1 N–H and O–H groups in total. The number of rotatable bonds is 4. The van der Waals surface area contributed by atoms with E-state index in [9.17, 15) is 0 Å². The summed E-state index contributed by atoms with van der Waals surface area (Å²) in [6.07, 6.45) is 11.1. The molecule has 0 atom stereocenters. The SMILES string of the molecule is c1cc(CN2CCCCC2)cc(NC2CCCCC2)c1. The minimum atomic E-state index is 0.703. The van der Waals surface area contributed by atoms with E-state index in [-0.39, 0.29) is 0 Å². The molecule has 0 spiro atoms. The van der Waals surface area contributed by atoms with Crippen molar-refractivity contribution in [2.24, 2.45) is 0 Å². The highest BCUT2D eigenvalue weighted by Crippen LogP contribution is 2.22. The number of likely N-dealkylation sites (tertiary alicyclic amines) is 1. The molecular formula is C18H28N2. The lowest BCUT2D eigenvalue weighted by Crippen LogP contribution is -2.29. The molecule has 0 unspecified atom stereocenters. The number of anilines is 1. The van der Waals surface area contributed by atoms with Gasteiger partial charge >= 0.3 is 0 Å². The second kappa shape index (κ2) is 7.12. The smallest absolute Gasteiger partial charge is 0.0345 e. The van der Waals surface area contributed by atoms with Crippen molar-refractivity contribution in [1.29, 1.82) is 0 Å². The number of nitrogens with zero attached hydrogens (tertiary/aromatic N) is 1. The average Bonchev–Trinajstić information content (AvgIpc) is 2.50. The molecule has 110 valence electrons. The maximum atomic E-state index is 3.74. The highest BCUT2D eigenvalue weighted by Gasteiger charge is 2.14. The number of piperidine rings is 1. The maximum absolute atomic E-state index is 3.74. The Morgan fingerprint density at radius 1 is 0.950 bits per heavy atom. The first kappa shape index (κ1) is 13.9. The van der Waals surface area contributed by atoms with Crippen molar-refractivity contribution in [2.75, 3.05) is 18.4 Å². The Hall–Kier alpha value is -1.02. The van der Waals surface area contributed by atoms with E-state index in [1.165, 1.54) is 75.7 Å². The number of hydrogen-bond acceptors (Lipinski definition) is 2.